The molecule has 0 aliphatic carbocycles. The standard InChI is InChI=1S/C16H26N2O2.C15H16Cl3N3O2/c1-11(2)14(15(19)20-16(3,4)5)18-10-12-8-6-7-9-13(12)17;1-2-4-20(15(22)21-5-3-19-10-21)6-7-23-14-12(17)8-11(16)9-13(14)18/h6-9,11,14,18H,10,17H2,1-5H3;3,5,8-10H,2,4,6-7H2,1H3/t14-;/m0./s1. The van der Waals surface area contributed by atoms with E-state index in [0.29, 0.717) is 40.5 Å². The van der Waals surface area contributed by atoms with E-state index in [1.165, 1.54) is 10.9 Å². The Morgan fingerprint density at radius 3 is 2.28 bits per heavy atom. The van der Waals surface area contributed by atoms with Crippen molar-refractivity contribution in [3.05, 3.63) is 75.8 Å². The van der Waals surface area contributed by atoms with E-state index >= 15 is 0 Å². The molecule has 1 atom stereocenters. The lowest BCUT2D eigenvalue weighted by Gasteiger charge is -2.26. The number of hydrogen-bond donors (Lipinski definition) is 2. The average molecular weight is 655 g/mol. The SMILES string of the molecule is CC(C)[C@H](NCc1ccccc1N)C(=O)OC(C)(C)C.CCCN(CCOc1c(Cl)cc(Cl)cc1Cl)C(=O)n1ccnc1. The van der Waals surface area contributed by atoms with E-state index in [-0.39, 0.29) is 30.6 Å². The van der Waals surface area contributed by atoms with Gasteiger partial charge in [0.05, 0.1) is 16.6 Å². The van der Waals surface area contributed by atoms with Crippen molar-refractivity contribution in [3.63, 3.8) is 0 Å². The summed E-state index contributed by atoms with van der Waals surface area (Å²) in [6, 6.07) is 10.3. The zero-order valence-electron chi connectivity index (χ0n) is 25.6. The molecule has 0 spiro atoms. The Hall–Kier alpha value is -2.98. The fourth-order valence-electron chi connectivity index (χ4n) is 3.90. The first kappa shape index (κ1) is 36.2. The van der Waals surface area contributed by atoms with Crippen LogP contribution < -0.4 is 15.8 Å². The Morgan fingerprint density at radius 2 is 1.74 bits per heavy atom. The molecule has 0 saturated heterocycles. The highest BCUT2D eigenvalue weighted by atomic mass is 35.5. The van der Waals surface area contributed by atoms with Crippen molar-refractivity contribution in [1.82, 2.24) is 19.8 Å². The summed E-state index contributed by atoms with van der Waals surface area (Å²) in [4.78, 5) is 30.1. The van der Waals surface area contributed by atoms with Gasteiger partial charge in [-0.3, -0.25) is 14.7 Å². The summed E-state index contributed by atoms with van der Waals surface area (Å²) in [6.07, 6.45) is 5.48. The van der Waals surface area contributed by atoms with Gasteiger partial charge in [-0.1, -0.05) is 73.8 Å². The fraction of sp³-hybridized carbons (Fsp3) is 0.452. The van der Waals surface area contributed by atoms with Crippen LogP contribution in [0.25, 0.3) is 0 Å². The van der Waals surface area contributed by atoms with E-state index in [0.717, 1.165) is 17.7 Å². The van der Waals surface area contributed by atoms with Crippen LogP contribution in [-0.4, -0.2) is 57.8 Å². The number of carbonyl (C=O) groups is 2. The first-order chi connectivity index (χ1) is 20.2. The number of nitrogens with one attached hydrogen (secondary N) is 1. The molecule has 236 valence electrons. The third-order valence-corrected chi connectivity index (χ3v) is 6.73. The Balaban J connectivity index is 0.000000304. The molecule has 1 aromatic heterocycles. The van der Waals surface area contributed by atoms with Crippen molar-refractivity contribution >= 4 is 52.5 Å². The molecule has 0 saturated carbocycles. The molecule has 1 heterocycles. The minimum atomic E-state index is -0.475. The number of benzene rings is 2. The van der Waals surface area contributed by atoms with E-state index in [9.17, 15) is 9.59 Å². The van der Waals surface area contributed by atoms with Gasteiger partial charge in [-0.25, -0.2) is 9.78 Å². The van der Waals surface area contributed by atoms with Crippen molar-refractivity contribution in [3.8, 4) is 5.75 Å². The van der Waals surface area contributed by atoms with Gasteiger partial charge in [-0.2, -0.15) is 0 Å². The molecule has 0 aliphatic rings. The van der Waals surface area contributed by atoms with Gasteiger partial charge in [0.2, 0.25) is 0 Å². The summed E-state index contributed by atoms with van der Waals surface area (Å²) in [5.41, 5.74) is 7.15. The van der Waals surface area contributed by atoms with Crippen molar-refractivity contribution < 1.29 is 19.1 Å². The number of imidazole rings is 1. The highest BCUT2D eigenvalue weighted by Crippen LogP contribution is 2.35. The summed E-state index contributed by atoms with van der Waals surface area (Å²) < 4.78 is 12.5. The van der Waals surface area contributed by atoms with Crippen LogP contribution in [0.3, 0.4) is 0 Å². The van der Waals surface area contributed by atoms with E-state index in [1.807, 2.05) is 65.8 Å². The Kier molecular flexibility index (Phi) is 14.6. The van der Waals surface area contributed by atoms with Gasteiger partial charge in [0.15, 0.2) is 5.75 Å². The Bertz CT molecular complexity index is 1290. The maximum absolute atomic E-state index is 12.3. The number of nitrogens with two attached hydrogens (primary N) is 1. The molecule has 43 heavy (non-hydrogen) atoms. The zero-order chi connectivity index (χ0) is 32.2. The average Bonchev–Trinajstić information content (AvgIpc) is 3.44. The van der Waals surface area contributed by atoms with Crippen LogP contribution in [0.15, 0.2) is 55.1 Å². The maximum Gasteiger partial charge on any atom is 0.329 e. The molecule has 3 rings (SSSR count). The molecule has 0 radical (unpaired) electrons. The van der Waals surface area contributed by atoms with E-state index in [1.54, 1.807) is 29.4 Å². The number of aromatic nitrogens is 2. The van der Waals surface area contributed by atoms with Gasteiger partial charge in [0.1, 0.15) is 24.6 Å². The number of esters is 1. The number of anilines is 1. The molecule has 0 aliphatic heterocycles. The van der Waals surface area contributed by atoms with E-state index < -0.39 is 5.60 Å². The molecule has 1 amide bonds. The predicted octanol–water partition coefficient (Wildman–Crippen LogP) is 7.33. The lowest BCUT2D eigenvalue weighted by molar-refractivity contribution is -0.158. The van der Waals surface area contributed by atoms with Gasteiger partial charge in [0.25, 0.3) is 0 Å². The second-order valence-corrected chi connectivity index (χ2v) is 12.4. The van der Waals surface area contributed by atoms with Crippen LogP contribution in [0, 0.1) is 5.92 Å². The quantitative estimate of drug-likeness (QED) is 0.165. The number of nitrogen functional groups attached to an aromatic ring is 1. The largest absolute Gasteiger partial charge is 0.489 e. The molecule has 3 N–H and O–H groups in total. The fourth-order valence-corrected chi connectivity index (χ4v) is 4.83. The number of halogens is 3. The number of nitrogens with zero attached hydrogens (tertiary/aromatic N) is 3. The van der Waals surface area contributed by atoms with Crippen molar-refractivity contribution in [1.29, 1.82) is 0 Å². The number of carbonyl (C=O) groups excluding carboxylic acids is 2. The van der Waals surface area contributed by atoms with Gasteiger partial charge >= 0.3 is 12.0 Å². The molecule has 3 aromatic rings. The monoisotopic (exact) mass is 653 g/mol. The summed E-state index contributed by atoms with van der Waals surface area (Å²) in [5, 5.41) is 4.36. The first-order valence-electron chi connectivity index (χ1n) is 14.1. The van der Waals surface area contributed by atoms with Crippen LogP contribution in [0.4, 0.5) is 10.5 Å². The number of amides is 1. The lowest BCUT2D eigenvalue weighted by atomic mass is 10.0. The second kappa shape index (κ2) is 17.3. The zero-order valence-corrected chi connectivity index (χ0v) is 27.8. The van der Waals surface area contributed by atoms with Crippen molar-refractivity contribution in [2.45, 2.75) is 66.2 Å². The molecule has 0 fully saturated rings. The molecular formula is C31H42Cl3N5O4. The predicted molar refractivity (Wildman–Crippen MR) is 174 cm³/mol. The Morgan fingerprint density at radius 1 is 1.09 bits per heavy atom. The maximum atomic E-state index is 12.3. The normalized spacial score (nSPS) is 11.9. The highest BCUT2D eigenvalue weighted by molar-refractivity contribution is 6.40. The van der Waals surface area contributed by atoms with Gasteiger partial charge in [-0.15, -0.1) is 0 Å². The Labute approximate surface area is 269 Å². The summed E-state index contributed by atoms with van der Waals surface area (Å²) in [5.74, 6) is 0.293. The van der Waals surface area contributed by atoms with Crippen LogP contribution in [-0.2, 0) is 16.1 Å². The molecular weight excluding hydrogens is 613 g/mol. The van der Waals surface area contributed by atoms with Crippen LogP contribution in [0.1, 0.15) is 53.5 Å². The number of para-hydroxylation sites is 1. The summed E-state index contributed by atoms with van der Waals surface area (Å²) in [6.45, 7) is 13.4. The third kappa shape index (κ3) is 12.3. The van der Waals surface area contributed by atoms with Crippen LogP contribution in [0.5, 0.6) is 5.75 Å². The van der Waals surface area contributed by atoms with Crippen molar-refractivity contribution in [2.75, 3.05) is 25.4 Å². The van der Waals surface area contributed by atoms with Crippen molar-refractivity contribution in [2.24, 2.45) is 5.92 Å². The van der Waals surface area contributed by atoms with Gasteiger partial charge in [0, 0.05) is 36.2 Å². The number of rotatable bonds is 11. The van der Waals surface area contributed by atoms with Crippen LogP contribution >= 0.6 is 34.8 Å². The summed E-state index contributed by atoms with van der Waals surface area (Å²) in [7, 11) is 0. The molecule has 9 nitrogen and oxygen atoms in total. The van der Waals surface area contributed by atoms with Gasteiger partial charge < -0.3 is 20.1 Å². The molecule has 2 aromatic carbocycles. The highest BCUT2D eigenvalue weighted by Gasteiger charge is 2.27. The first-order valence-corrected chi connectivity index (χ1v) is 15.2. The van der Waals surface area contributed by atoms with Gasteiger partial charge in [-0.05, 0) is 56.9 Å². The number of hydrogen-bond acceptors (Lipinski definition) is 7. The van der Waals surface area contributed by atoms with E-state index in [4.69, 9.17) is 50.0 Å². The minimum absolute atomic E-state index is 0.148. The third-order valence-electron chi connectivity index (χ3n) is 5.95. The minimum Gasteiger partial charge on any atom is -0.489 e. The van der Waals surface area contributed by atoms with Crippen LogP contribution in [0.2, 0.25) is 15.1 Å². The summed E-state index contributed by atoms with van der Waals surface area (Å²) >= 11 is 18.0. The lowest BCUT2D eigenvalue weighted by Crippen LogP contribution is -2.44. The molecule has 0 unspecified atom stereocenters. The smallest absolute Gasteiger partial charge is 0.329 e. The second-order valence-electron chi connectivity index (χ2n) is 11.1. The van der Waals surface area contributed by atoms with E-state index in [2.05, 4.69) is 10.3 Å². The topological polar surface area (TPSA) is 112 Å². The molecule has 12 heteroatoms. The molecule has 0 bridgehead atoms. The number of ether oxygens (including phenoxy) is 2.